The number of imide groups is 1. The molecule has 1 atom stereocenters. The minimum atomic E-state index is -0.726. The molecule has 0 spiro atoms. The molecule has 8 nitrogen and oxygen atoms in total. The van der Waals surface area contributed by atoms with Gasteiger partial charge in [0.05, 0.1) is 6.54 Å². The number of halogens is 1. The normalized spacial score (nSPS) is 16.6. The van der Waals surface area contributed by atoms with Crippen molar-refractivity contribution in [2.75, 3.05) is 5.32 Å². The highest BCUT2D eigenvalue weighted by atomic mass is 35.5. The number of carbonyl (C=O) groups is 3. The van der Waals surface area contributed by atoms with Gasteiger partial charge in [-0.1, -0.05) is 29.8 Å². The highest BCUT2D eigenvalue weighted by Crippen LogP contribution is 2.20. The summed E-state index contributed by atoms with van der Waals surface area (Å²) in [5.74, 6) is -0.164. The Labute approximate surface area is 161 Å². The van der Waals surface area contributed by atoms with Gasteiger partial charge < -0.3 is 10.6 Å². The maximum absolute atomic E-state index is 12.5. The van der Waals surface area contributed by atoms with Crippen LogP contribution >= 0.6 is 11.6 Å². The van der Waals surface area contributed by atoms with Gasteiger partial charge >= 0.3 is 6.03 Å². The van der Waals surface area contributed by atoms with Crippen LogP contribution in [0.25, 0.3) is 0 Å². The van der Waals surface area contributed by atoms with E-state index in [1.807, 2.05) is 6.92 Å². The van der Waals surface area contributed by atoms with Crippen LogP contribution in [0.3, 0.4) is 0 Å². The molecular weight excluding hydrogens is 370 g/mol. The first-order valence-corrected chi connectivity index (χ1v) is 8.88. The smallest absolute Gasteiger partial charge is 0.325 e. The summed E-state index contributed by atoms with van der Waals surface area (Å²) in [4.78, 5) is 37.8. The maximum atomic E-state index is 12.5. The summed E-state index contributed by atoms with van der Waals surface area (Å²) >= 11 is 6.10. The van der Waals surface area contributed by atoms with E-state index in [2.05, 4.69) is 15.7 Å². The molecule has 27 heavy (non-hydrogen) atoms. The first kappa shape index (κ1) is 18.9. The van der Waals surface area contributed by atoms with Crippen molar-refractivity contribution >= 4 is 35.3 Å². The van der Waals surface area contributed by atoms with Crippen molar-refractivity contribution in [2.45, 2.75) is 32.4 Å². The minimum absolute atomic E-state index is 0.0895. The van der Waals surface area contributed by atoms with Crippen molar-refractivity contribution in [1.29, 1.82) is 0 Å². The average molecular weight is 390 g/mol. The molecule has 2 aromatic rings. The van der Waals surface area contributed by atoms with Gasteiger partial charge in [-0.05, 0) is 25.0 Å². The number of hydrogen-bond donors (Lipinski definition) is 2. The monoisotopic (exact) mass is 389 g/mol. The Morgan fingerprint density at radius 3 is 2.74 bits per heavy atom. The Morgan fingerprint density at radius 1 is 1.33 bits per heavy atom. The number of urea groups is 1. The van der Waals surface area contributed by atoms with Gasteiger partial charge in [-0.25, -0.2) is 4.79 Å². The van der Waals surface area contributed by atoms with Gasteiger partial charge in [-0.15, -0.1) is 0 Å². The maximum Gasteiger partial charge on any atom is 0.325 e. The van der Waals surface area contributed by atoms with E-state index in [1.54, 1.807) is 42.1 Å². The first-order chi connectivity index (χ1) is 12.8. The van der Waals surface area contributed by atoms with Gasteiger partial charge in [-0.3, -0.25) is 19.2 Å². The predicted octanol–water partition coefficient (Wildman–Crippen LogP) is 2.22. The molecule has 1 fully saturated rings. The predicted molar refractivity (Wildman–Crippen MR) is 100 cm³/mol. The molecule has 3 rings (SSSR count). The summed E-state index contributed by atoms with van der Waals surface area (Å²) in [6.07, 6.45) is 0.299. The SMILES string of the molecule is Cc1cc(NC(=O)CC[C@H]2NC(=O)N(Cc3ccccc3Cl)C2=O)nn1C. The number of hydrogen-bond acceptors (Lipinski definition) is 4. The lowest BCUT2D eigenvalue weighted by atomic mass is 10.1. The molecule has 1 aliphatic heterocycles. The largest absolute Gasteiger partial charge is 0.326 e. The number of benzene rings is 1. The Morgan fingerprint density at radius 2 is 2.07 bits per heavy atom. The number of aromatic nitrogens is 2. The lowest BCUT2D eigenvalue weighted by Gasteiger charge is -2.14. The number of anilines is 1. The van der Waals surface area contributed by atoms with Crippen molar-refractivity contribution in [2.24, 2.45) is 7.05 Å². The van der Waals surface area contributed by atoms with Crippen LogP contribution in [0.4, 0.5) is 10.6 Å². The quantitative estimate of drug-likeness (QED) is 0.740. The molecule has 1 aromatic carbocycles. The fourth-order valence-electron chi connectivity index (χ4n) is 2.82. The van der Waals surface area contributed by atoms with Gasteiger partial charge in [0.15, 0.2) is 5.82 Å². The topological polar surface area (TPSA) is 96.3 Å². The van der Waals surface area contributed by atoms with Crippen LogP contribution in [0.2, 0.25) is 5.02 Å². The number of amides is 4. The third kappa shape index (κ3) is 4.28. The number of nitrogens with one attached hydrogen (secondary N) is 2. The van der Waals surface area contributed by atoms with Crippen LogP contribution in [0.5, 0.6) is 0 Å². The van der Waals surface area contributed by atoms with E-state index in [4.69, 9.17) is 11.6 Å². The third-order valence-electron chi connectivity index (χ3n) is 4.43. The van der Waals surface area contributed by atoms with Gasteiger partial charge in [0, 0.05) is 30.3 Å². The van der Waals surface area contributed by atoms with E-state index >= 15 is 0 Å². The van der Waals surface area contributed by atoms with Crippen molar-refractivity contribution in [1.82, 2.24) is 20.0 Å². The van der Waals surface area contributed by atoms with Gasteiger partial charge in [0.25, 0.3) is 5.91 Å². The molecule has 1 saturated heterocycles. The molecule has 0 radical (unpaired) electrons. The van der Waals surface area contributed by atoms with Crippen LogP contribution in [-0.2, 0) is 23.2 Å². The Bertz CT molecular complexity index is 875. The summed E-state index contributed by atoms with van der Waals surface area (Å²) in [5.41, 5.74) is 1.60. The summed E-state index contributed by atoms with van der Waals surface area (Å²) in [5, 5.41) is 9.95. The molecule has 1 aromatic heterocycles. The molecule has 0 aliphatic carbocycles. The second-order valence-electron chi connectivity index (χ2n) is 6.40. The minimum Gasteiger partial charge on any atom is -0.326 e. The first-order valence-electron chi connectivity index (χ1n) is 8.51. The molecule has 9 heteroatoms. The van der Waals surface area contributed by atoms with E-state index in [1.165, 1.54) is 0 Å². The number of carbonyl (C=O) groups excluding carboxylic acids is 3. The summed E-state index contributed by atoms with van der Waals surface area (Å²) < 4.78 is 1.66. The highest BCUT2D eigenvalue weighted by Gasteiger charge is 2.38. The van der Waals surface area contributed by atoms with Crippen molar-refractivity contribution < 1.29 is 14.4 Å². The molecule has 2 heterocycles. The molecule has 0 unspecified atom stereocenters. The van der Waals surface area contributed by atoms with Crippen LogP contribution < -0.4 is 10.6 Å². The fourth-order valence-corrected chi connectivity index (χ4v) is 3.02. The van der Waals surface area contributed by atoms with E-state index in [9.17, 15) is 14.4 Å². The molecule has 142 valence electrons. The zero-order valence-corrected chi connectivity index (χ0v) is 15.8. The van der Waals surface area contributed by atoms with Crippen LogP contribution in [-0.4, -0.2) is 38.6 Å². The molecule has 1 aliphatic rings. The van der Waals surface area contributed by atoms with Crippen LogP contribution in [0.15, 0.2) is 30.3 Å². The zero-order valence-electron chi connectivity index (χ0n) is 15.0. The molecule has 0 bridgehead atoms. The lowest BCUT2D eigenvalue weighted by Crippen LogP contribution is -2.31. The standard InChI is InChI=1S/C18H20ClN5O3/c1-11-9-15(22-23(11)2)21-16(25)8-7-14-17(26)24(18(27)20-14)10-12-5-3-4-6-13(12)19/h3-6,9,14H,7-8,10H2,1-2H3,(H,20,27)(H,21,22,25)/t14-/m1/s1. The lowest BCUT2D eigenvalue weighted by molar-refractivity contribution is -0.128. The third-order valence-corrected chi connectivity index (χ3v) is 4.80. The fraction of sp³-hybridized carbons (Fsp3) is 0.333. The van der Waals surface area contributed by atoms with Gasteiger partial charge in [0.1, 0.15) is 6.04 Å². The van der Waals surface area contributed by atoms with Gasteiger partial charge in [0.2, 0.25) is 5.91 Å². The molecule has 2 N–H and O–H groups in total. The van der Waals surface area contributed by atoms with E-state index < -0.39 is 12.1 Å². The number of nitrogens with zero attached hydrogens (tertiary/aromatic N) is 3. The van der Waals surface area contributed by atoms with E-state index in [0.717, 1.165) is 10.6 Å². The van der Waals surface area contributed by atoms with Crippen LogP contribution in [0, 0.1) is 6.92 Å². The Balaban J connectivity index is 1.55. The summed E-state index contributed by atoms with van der Waals surface area (Å²) in [7, 11) is 1.78. The molecule has 0 saturated carbocycles. The number of rotatable bonds is 6. The van der Waals surface area contributed by atoms with E-state index in [0.29, 0.717) is 16.4 Å². The second kappa shape index (κ2) is 7.79. The zero-order chi connectivity index (χ0) is 19.6. The Kier molecular flexibility index (Phi) is 5.46. The summed E-state index contributed by atoms with van der Waals surface area (Å²) in [6.45, 7) is 1.98. The second-order valence-corrected chi connectivity index (χ2v) is 6.81. The number of aryl methyl sites for hydroxylation is 2. The van der Waals surface area contributed by atoms with Crippen molar-refractivity contribution in [3.8, 4) is 0 Å². The van der Waals surface area contributed by atoms with Gasteiger partial charge in [-0.2, -0.15) is 5.10 Å². The van der Waals surface area contributed by atoms with Crippen molar-refractivity contribution in [3.63, 3.8) is 0 Å². The highest BCUT2D eigenvalue weighted by molar-refractivity contribution is 6.31. The van der Waals surface area contributed by atoms with E-state index in [-0.39, 0.29) is 31.2 Å². The summed E-state index contributed by atoms with van der Waals surface area (Å²) in [6, 6.07) is 7.59. The van der Waals surface area contributed by atoms with Crippen molar-refractivity contribution in [3.05, 3.63) is 46.6 Å². The molecule has 4 amide bonds. The average Bonchev–Trinajstić information content (AvgIpc) is 3.07. The molecular formula is C18H20ClN5O3. The van der Waals surface area contributed by atoms with Crippen LogP contribution in [0.1, 0.15) is 24.1 Å². The Hall–Kier alpha value is -2.87.